The molecule has 1 aliphatic heterocycles. The largest absolute Gasteiger partial charge is 0.496 e. The summed E-state index contributed by atoms with van der Waals surface area (Å²) in [6, 6.07) is 11.2. The lowest BCUT2D eigenvalue weighted by atomic mass is 9.90. The third-order valence-corrected chi connectivity index (χ3v) is 5.59. The van der Waals surface area contributed by atoms with Gasteiger partial charge in [-0.3, -0.25) is 9.59 Å². The number of urea groups is 1. The Morgan fingerprint density at radius 2 is 1.87 bits per heavy atom. The first-order valence-electron chi connectivity index (χ1n) is 9.92. The predicted octanol–water partition coefficient (Wildman–Crippen LogP) is 3.36. The van der Waals surface area contributed by atoms with E-state index in [-0.39, 0.29) is 0 Å². The van der Waals surface area contributed by atoms with Crippen molar-refractivity contribution in [2.75, 3.05) is 12.4 Å². The first-order valence-corrected chi connectivity index (χ1v) is 9.92. The van der Waals surface area contributed by atoms with Gasteiger partial charge >= 0.3 is 6.03 Å². The molecular formula is C23H27N3O4. The number of carbonyl (C=O) groups excluding carboxylic acids is 3. The lowest BCUT2D eigenvalue weighted by Gasteiger charge is -2.25. The highest BCUT2D eigenvalue weighted by atomic mass is 16.5. The summed E-state index contributed by atoms with van der Waals surface area (Å²) in [5, 5.41) is 5.52. The van der Waals surface area contributed by atoms with E-state index in [0.717, 1.165) is 22.4 Å². The molecule has 1 saturated heterocycles. The van der Waals surface area contributed by atoms with Crippen molar-refractivity contribution >= 4 is 23.5 Å². The van der Waals surface area contributed by atoms with Gasteiger partial charge in [0.15, 0.2) is 0 Å². The first-order chi connectivity index (χ1) is 14.2. The normalized spacial score (nSPS) is 19.4. The minimum Gasteiger partial charge on any atom is -0.496 e. The summed E-state index contributed by atoms with van der Waals surface area (Å²) in [6.45, 7) is 7.10. The topological polar surface area (TPSA) is 87.7 Å². The van der Waals surface area contributed by atoms with E-state index in [4.69, 9.17) is 4.74 Å². The number of ether oxygens (including phenoxy) is 1. The summed E-state index contributed by atoms with van der Waals surface area (Å²) in [5.74, 6) is -0.211. The number of nitrogens with zero attached hydrogens (tertiary/aromatic N) is 1. The van der Waals surface area contributed by atoms with Crippen LogP contribution in [0.4, 0.5) is 10.5 Å². The van der Waals surface area contributed by atoms with Crippen molar-refractivity contribution in [3.05, 3.63) is 59.2 Å². The number of imide groups is 1. The molecule has 2 aromatic rings. The number of nitrogens with one attached hydrogen (secondary N) is 2. The summed E-state index contributed by atoms with van der Waals surface area (Å²) in [4.78, 5) is 39.6. The molecule has 7 heteroatoms. The quantitative estimate of drug-likeness (QED) is 0.716. The molecule has 7 nitrogen and oxygen atoms in total. The van der Waals surface area contributed by atoms with Gasteiger partial charge in [0.25, 0.3) is 5.91 Å². The van der Waals surface area contributed by atoms with Gasteiger partial charge in [-0.2, -0.15) is 0 Å². The zero-order valence-electron chi connectivity index (χ0n) is 17.9. The van der Waals surface area contributed by atoms with E-state index in [0.29, 0.717) is 17.0 Å². The fraction of sp³-hybridized carbons (Fsp3) is 0.348. The number of anilines is 1. The van der Waals surface area contributed by atoms with Crippen LogP contribution in [0.5, 0.6) is 5.75 Å². The SMILES string of the molecule is CCc1ccc(NC(=O)C(C)N2C(=O)NC(C)(c3ccc(OC)c(C)c3)C2=O)cc1. The Hall–Kier alpha value is -3.35. The molecule has 0 aliphatic carbocycles. The minimum absolute atomic E-state index is 0.432. The van der Waals surface area contributed by atoms with Crippen molar-refractivity contribution in [2.45, 2.75) is 45.7 Å². The molecule has 0 spiro atoms. The van der Waals surface area contributed by atoms with E-state index in [9.17, 15) is 14.4 Å². The van der Waals surface area contributed by atoms with Gasteiger partial charge in [-0.25, -0.2) is 9.69 Å². The second-order valence-electron chi connectivity index (χ2n) is 7.63. The van der Waals surface area contributed by atoms with Crippen LogP contribution < -0.4 is 15.4 Å². The van der Waals surface area contributed by atoms with Crippen LogP contribution in [0.3, 0.4) is 0 Å². The van der Waals surface area contributed by atoms with Crippen LogP contribution >= 0.6 is 0 Å². The van der Waals surface area contributed by atoms with Crippen LogP contribution in [-0.2, 0) is 21.5 Å². The van der Waals surface area contributed by atoms with Gasteiger partial charge in [0.2, 0.25) is 5.91 Å². The number of amides is 4. The fourth-order valence-electron chi connectivity index (χ4n) is 3.59. The molecular weight excluding hydrogens is 382 g/mol. The predicted molar refractivity (Wildman–Crippen MR) is 114 cm³/mol. The Morgan fingerprint density at radius 1 is 1.20 bits per heavy atom. The van der Waals surface area contributed by atoms with Crippen molar-refractivity contribution < 1.29 is 19.1 Å². The molecule has 1 fully saturated rings. The van der Waals surface area contributed by atoms with Crippen LogP contribution in [0.25, 0.3) is 0 Å². The van der Waals surface area contributed by atoms with E-state index >= 15 is 0 Å². The van der Waals surface area contributed by atoms with Crippen molar-refractivity contribution in [3.63, 3.8) is 0 Å². The zero-order valence-corrected chi connectivity index (χ0v) is 17.9. The highest BCUT2D eigenvalue weighted by Crippen LogP contribution is 2.32. The lowest BCUT2D eigenvalue weighted by molar-refractivity contribution is -0.136. The van der Waals surface area contributed by atoms with E-state index in [1.807, 2.05) is 19.1 Å². The maximum absolute atomic E-state index is 13.2. The van der Waals surface area contributed by atoms with Gasteiger partial charge in [0.05, 0.1) is 7.11 Å². The van der Waals surface area contributed by atoms with E-state index in [1.54, 1.807) is 44.4 Å². The second-order valence-corrected chi connectivity index (χ2v) is 7.63. The molecule has 1 heterocycles. The van der Waals surface area contributed by atoms with Crippen molar-refractivity contribution in [2.24, 2.45) is 0 Å². The number of methoxy groups -OCH3 is 1. The fourth-order valence-corrected chi connectivity index (χ4v) is 3.59. The molecule has 158 valence electrons. The molecule has 4 amide bonds. The number of aryl methyl sites for hydroxylation is 2. The summed E-state index contributed by atoms with van der Waals surface area (Å²) >= 11 is 0. The van der Waals surface area contributed by atoms with E-state index in [2.05, 4.69) is 17.6 Å². The van der Waals surface area contributed by atoms with Crippen LogP contribution in [-0.4, -0.2) is 35.9 Å². The smallest absolute Gasteiger partial charge is 0.326 e. The molecule has 0 radical (unpaired) electrons. The lowest BCUT2D eigenvalue weighted by Crippen LogP contribution is -2.47. The summed E-state index contributed by atoms with van der Waals surface area (Å²) in [7, 11) is 1.57. The van der Waals surface area contributed by atoms with Crippen LogP contribution in [0, 0.1) is 6.92 Å². The van der Waals surface area contributed by atoms with Gasteiger partial charge in [-0.15, -0.1) is 0 Å². The van der Waals surface area contributed by atoms with Gasteiger partial charge < -0.3 is 15.4 Å². The average molecular weight is 409 g/mol. The van der Waals surface area contributed by atoms with Gasteiger partial charge in [0, 0.05) is 5.69 Å². The molecule has 2 aromatic carbocycles. The van der Waals surface area contributed by atoms with E-state index < -0.39 is 29.4 Å². The molecule has 2 atom stereocenters. The van der Waals surface area contributed by atoms with Gasteiger partial charge in [-0.1, -0.05) is 25.1 Å². The monoisotopic (exact) mass is 409 g/mol. The number of rotatable bonds is 6. The third kappa shape index (κ3) is 3.75. The highest BCUT2D eigenvalue weighted by Gasteiger charge is 2.51. The summed E-state index contributed by atoms with van der Waals surface area (Å²) < 4.78 is 5.27. The van der Waals surface area contributed by atoms with E-state index in [1.165, 1.54) is 6.92 Å². The van der Waals surface area contributed by atoms with Crippen molar-refractivity contribution in [3.8, 4) is 5.75 Å². The van der Waals surface area contributed by atoms with Gasteiger partial charge in [0.1, 0.15) is 17.3 Å². The first kappa shape index (κ1) is 21.4. The second kappa shape index (κ2) is 8.18. The third-order valence-electron chi connectivity index (χ3n) is 5.59. The molecule has 0 aromatic heterocycles. The Morgan fingerprint density at radius 3 is 2.43 bits per heavy atom. The van der Waals surface area contributed by atoms with Crippen molar-refractivity contribution in [1.29, 1.82) is 0 Å². The highest BCUT2D eigenvalue weighted by molar-refractivity contribution is 6.11. The van der Waals surface area contributed by atoms with Crippen molar-refractivity contribution in [1.82, 2.24) is 10.2 Å². The number of hydrogen-bond donors (Lipinski definition) is 2. The Kier molecular flexibility index (Phi) is 5.82. The Balaban J connectivity index is 1.80. The Labute approximate surface area is 176 Å². The number of benzene rings is 2. The van der Waals surface area contributed by atoms with Crippen LogP contribution in [0.15, 0.2) is 42.5 Å². The maximum Gasteiger partial charge on any atom is 0.326 e. The number of carbonyl (C=O) groups is 3. The molecule has 2 N–H and O–H groups in total. The Bertz CT molecular complexity index is 986. The molecule has 3 rings (SSSR count). The standard InChI is InChI=1S/C23H27N3O4/c1-6-16-7-10-18(11-8-16)24-20(27)15(3)26-21(28)23(4,25-22(26)29)17-9-12-19(30-5)14(2)13-17/h7-13,15H,6H2,1-5H3,(H,24,27)(H,25,29). The summed E-state index contributed by atoms with van der Waals surface area (Å²) in [5.41, 5.74) is 1.98. The molecule has 30 heavy (non-hydrogen) atoms. The maximum atomic E-state index is 13.2. The average Bonchev–Trinajstić information content (AvgIpc) is 2.97. The number of hydrogen-bond acceptors (Lipinski definition) is 4. The minimum atomic E-state index is -1.26. The molecule has 1 aliphatic rings. The van der Waals surface area contributed by atoms with Gasteiger partial charge in [-0.05, 0) is 68.1 Å². The molecule has 0 bridgehead atoms. The molecule has 2 unspecified atom stereocenters. The summed E-state index contributed by atoms with van der Waals surface area (Å²) in [6.07, 6.45) is 0.899. The van der Waals surface area contributed by atoms with Crippen LogP contribution in [0.2, 0.25) is 0 Å². The zero-order chi connectivity index (χ0) is 22.1. The van der Waals surface area contributed by atoms with Crippen LogP contribution in [0.1, 0.15) is 37.5 Å². The molecule has 0 saturated carbocycles.